The van der Waals surface area contributed by atoms with Crippen molar-refractivity contribution < 1.29 is 18.8 Å². The number of nitrogens with one attached hydrogen (secondary N) is 1. The summed E-state index contributed by atoms with van der Waals surface area (Å²) in [5.41, 5.74) is 0.438. The lowest BCUT2D eigenvalue weighted by molar-refractivity contribution is -0.134. The second-order valence-electron chi connectivity index (χ2n) is 6.17. The van der Waals surface area contributed by atoms with Crippen LogP contribution in [0.15, 0.2) is 24.3 Å². The Bertz CT molecular complexity index is 635. The molecule has 2 fully saturated rings. The molecule has 1 saturated carbocycles. The predicted molar refractivity (Wildman–Crippen MR) is 84.6 cm³/mol. The van der Waals surface area contributed by atoms with Gasteiger partial charge < -0.3 is 15.1 Å². The maximum atomic E-state index is 12.9. The van der Waals surface area contributed by atoms with Crippen LogP contribution in [-0.2, 0) is 9.59 Å². The van der Waals surface area contributed by atoms with Crippen LogP contribution in [0, 0.1) is 11.7 Å². The molecule has 0 unspecified atom stereocenters. The van der Waals surface area contributed by atoms with Crippen LogP contribution < -0.4 is 5.32 Å². The van der Waals surface area contributed by atoms with Gasteiger partial charge in [-0.3, -0.25) is 14.4 Å². The van der Waals surface area contributed by atoms with E-state index in [0.717, 1.165) is 12.8 Å². The highest BCUT2D eigenvalue weighted by atomic mass is 19.1. The molecule has 2 aliphatic rings. The maximum absolute atomic E-state index is 12.9. The van der Waals surface area contributed by atoms with Crippen molar-refractivity contribution in [3.63, 3.8) is 0 Å². The van der Waals surface area contributed by atoms with Gasteiger partial charge in [0.05, 0.1) is 6.54 Å². The van der Waals surface area contributed by atoms with Crippen LogP contribution in [0.25, 0.3) is 0 Å². The first-order valence-electron chi connectivity index (χ1n) is 8.15. The third kappa shape index (κ3) is 3.90. The summed E-state index contributed by atoms with van der Waals surface area (Å²) in [5, 5.41) is 2.66. The van der Waals surface area contributed by atoms with E-state index in [1.54, 1.807) is 9.80 Å². The molecule has 128 valence electrons. The zero-order chi connectivity index (χ0) is 17.1. The van der Waals surface area contributed by atoms with Crippen LogP contribution >= 0.6 is 0 Å². The minimum Gasteiger partial charge on any atom is -0.347 e. The summed E-state index contributed by atoms with van der Waals surface area (Å²) in [6.07, 6.45) is 1.81. The quantitative estimate of drug-likeness (QED) is 0.879. The molecule has 3 amide bonds. The van der Waals surface area contributed by atoms with E-state index in [4.69, 9.17) is 0 Å². The topological polar surface area (TPSA) is 69.7 Å². The summed E-state index contributed by atoms with van der Waals surface area (Å²) < 4.78 is 12.9. The van der Waals surface area contributed by atoms with Gasteiger partial charge in [-0.15, -0.1) is 0 Å². The highest BCUT2D eigenvalue weighted by Crippen LogP contribution is 2.28. The minimum atomic E-state index is -0.379. The fourth-order valence-corrected chi connectivity index (χ4v) is 2.70. The molecule has 0 atom stereocenters. The number of piperazine rings is 1. The highest BCUT2D eigenvalue weighted by Gasteiger charge is 2.30. The number of amides is 3. The van der Waals surface area contributed by atoms with Crippen LogP contribution in [0.1, 0.15) is 23.2 Å². The van der Waals surface area contributed by atoms with Crippen molar-refractivity contribution in [2.75, 3.05) is 32.7 Å². The molecule has 0 spiro atoms. The molecule has 1 aromatic carbocycles. The second-order valence-corrected chi connectivity index (χ2v) is 6.17. The molecule has 1 saturated heterocycles. The second kappa shape index (κ2) is 6.98. The summed E-state index contributed by atoms with van der Waals surface area (Å²) in [6, 6.07) is 5.44. The molecule has 1 aliphatic heterocycles. The Morgan fingerprint density at radius 1 is 1.00 bits per heavy atom. The van der Waals surface area contributed by atoms with Gasteiger partial charge in [0, 0.05) is 37.7 Å². The molecule has 1 N–H and O–H groups in total. The van der Waals surface area contributed by atoms with E-state index in [0.29, 0.717) is 31.7 Å². The minimum absolute atomic E-state index is 0.0151. The first-order chi connectivity index (χ1) is 11.5. The van der Waals surface area contributed by atoms with Crippen LogP contribution in [0.5, 0.6) is 0 Å². The van der Waals surface area contributed by atoms with E-state index in [2.05, 4.69) is 5.32 Å². The zero-order valence-corrected chi connectivity index (χ0v) is 13.3. The summed E-state index contributed by atoms with van der Waals surface area (Å²) in [5.74, 6) is -0.631. The van der Waals surface area contributed by atoms with Gasteiger partial charge in [-0.2, -0.15) is 0 Å². The van der Waals surface area contributed by atoms with Gasteiger partial charge in [0.15, 0.2) is 0 Å². The van der Waals surface area contributed by atoms with Crippen LogP contribution in [0.2, 0.25) is 0 Å². The smallest absolute Gasteiger partial charge is 0.253 e. The highest BCUT2D eigenvalue weighted by molar-refractivity contribution is 5.94. The van der Waals surface area contributed by atoms with Crippen molar-refractivity contribution in [3.8, 4) is 0 Å². The fourth-order valence-electron chi connectivity index (χ4n) is 2.70. The van der Waals surface area contributed by atoms with Crippen LogP contribution in [0.4, 0.5) is 4.39 Å². The summed E-state index contributed by atoms with van der Waals surface area (Å²) >= 11 is 0. The Morgan fingerprint density at radius 3 is 2.17 bits per heavy atom. The largest absolute Gasteiger partial charge is 0.347 e. The van der Waals surface area contributed by atoms with E-state index in [1.165, 1.54) is 24.3 Å². The first kappa shape index (κ1) is 16.4. The van der Waals surface area contributed by atoms with Crippen molar-refractivity contribution in [1.82, 2.24) is 15.1 Å². The molecular formula is C17H20FN3O3. The monoisotopic (exact) mass is 333 g/mol. The van der Waals surface area contributed by atoms with E-state index < -0.39 is 0 Å². The SMILES string of the molecule is O=C(NCC(=O)N1CCN(C(=O)c2ccc(F)cc2)CC1)C1CC1. The van der Waals surface area contributed by atoms with E-state index >= 15 is 0 Å². The number of rotatable bonds is 4. The lowest BCUT2D eigenvalue weighted by Gasteiger charge is -2.34. The number of hydrogen-bond donors (Lipinski definition) is 1. The van der Waals surface area contributed by atoms with Crippen molar-refractivity contribution in [1.29, 1.82) is 0 Å². The number of carbonyl (C=O) groups is 3. The summed E-state index contributed by atoms with van der Waals surface area (Å²) in [4.78, 5) is 39.3. The molecule has 0 bridgehead atoms. The number of carbonyl (C=O) groups excluding carboxylic acids is 3. The molecule has 1 aromatic rings. The molecule has 1 aliphatic carbocycles. The summed E-state index contributed by atoms with van der Waals surface area (Å²) in [7, 11) is 0. The van der Waals surface area contributed by atoms with Crippen molar-refractivity contribution in [2.45, 2.75) is 12.8 Å². The third-order valence-corrected chi connectivity index (χ3v) is 4.37. The maximum Gasteiger partial charge on any atom is 0.253 e. The number of benzene rings is 1. The van der Waals surface area contributed by atoms with Gasteiger partial charge in [-0.25, -0.2) is 4.39 Å². The molecular weight excluding hydrogens is 313 g/mol. The lowest BCUT2D eigenvalue weighted by atomic mass is 10.2. The van der Waals surface area contributed by atoms with Gasteiger partial charge >= 0.3 is 0 Å². The molecule has 3 rings (SSSR count). The molecule has 0 radical (unpaired) electrons. The Morgan fingerprint density at radius 2 is 1.58 bits per heavy atom. The van der Waals surface area contributed by atoms with Crippen molar-refractivity contribution >= 4 is 17.7 Å². The van der Waals surface area contributed by atoms with Gasteiger partial charge in [0.1, 0.15) is 5.82 Å². The molecule has 24 heavy (non-hydrogen) atoms. The van der Waals surface area contributed by atoms with Gasteiger partial charge in [-0.05, 0) is 37.1 Å². The molecule has 6 nitrogen and oxygen atoms in total. The fraction of sp³-hybridized carbons (Fsp3) is 0.471. The summed E-state index contributed by atoms with van der Waals surface area (Å²) in [6.45, 7) is 1.74. The Hall–Kier alpha value is -2.44. The number of hydrogen-bond acceptors (Lipinski definition) is 3. The number of halogens is 1. The van der Waals surface area contributed by atoms with Crippen LogP contribution in [0.3, 0.4) is 0 Å². The van der Waals surface area contributed by atoms with Crippen molar-refractivity contribution in [3.05, 3.63) is 35.6 Å². The molecule has 0 aromatic heterocycles. The zero-order valence-electron chi connectivity index (χ0n) is 13.3. The predicted octanol–water partition coefficient (Wildman–Crippen LogP) is 0.636. The lowest BCUT2D eigenvalue weighted by Crippen LogP contribution is -2.52. The Kier molecular flexibility index (Phi) is 4.78. The van der Waals surface area contributed by atoms with E-state index in [-0.39, 0.29) is 36.0 Å². The van der Waals surface area contributed by atoms with E-state index in [9.17, 15) is 18.8 Å². The van der Waals surface area contributed by atoms with Crippen molar-refractivity contribution in [2.24, 2.45) is 5.92 Å². The average molecular weight is 333 g/mol. The first-order valence-corrected chi connectivity index (χ1v) is 8.15. The normalized spacial score (nSPS) is 17.5. The number of nitrogens with zero attached hydrogens (tertiary/aromatic N) is 2. The Labute approximate surface area is 139 Å². The molecule has 1 heterocycles. The van der Waals surface area contributed by atoms with E-state index in [1.807, 2.05) is 0 Å². The van der Waals surface area contributed by atoms with Gasteiger partial charge in [0.25, 0.3) is 5.91 Å². The average Bonchev–Trinajstić information content (AvgIpc) is 3.45. The van der Waals surface area contributed by atoms with Gasteiger partial charge in [0.2, 0.25) is 11.8 Å². The van der Waals surface area contributed by atoms with Crippen LogP contribution in [-0.4, -0.2) is 60.2 Å². The third-order valence-electron chi connectivity index (χ3n) is 4.37. The van der Waals surface area contributed by atoms with Gasteiger partial charge in [-0.1, -0.05) is 0 Å². The molecule has 7 heteroatoms. The standard InChI is InChI=1S/C17H20FN3O3/c18-14-5-3-13(4-6-14)17(24)21-9-7-20(8-10-21)15(22)11-19-16(23)12-1-2-12/h3-6,12H,1-2,7-11H2,(H,19,23). The Balaban J connectivity index is 1.46.